The average molecular weight is 321 g/mol. The lowest BCUT2D eigenvalue weighted by Gasteiger charge is -2.24. The Morgan fingerprint density at radius 2 is 2.09 bits per heavy atom. The maximum Gasteiger partial charge on any atom is 0.330 e. The first-order valence-corrected chi connectivity index (χ1v) is 7.89. The van der Waals surface area contributed by atoms with Crippen LogP contribution in [0.5, 0.6) is 0 Å². The van der Waals surface area contributed by atoms with E-state index >= 15 is 0 Å². The van der Waals surface area contributed by atoms with Crippen LogP contribution in [0.3, 0.4) is 0 Å². The lowest BCUT2D eigenvalue weighted by molar-refractivity contribution is -0.145. The summed E-state index contributed by atoms with van der Waals surface area (Å²) in [5.41, 5.74) is 0.524. The van der Waals surface area contributed by atoms with Gasteiger partial charge in [-0.1, -0.05) is 30.3 Å². The molecule has 2 N–H and O–H groups in total. The third-order valence-electron chi connectivity index (χ3n) is 3.84. The van der Waals surface area contributed by atoms with E-state index in [9.17, 15) is 14.7 Å². The molecule has 3 atom stereocenters. The standard InChI is InChI=1S/C17H23NO5/c1-12(23-11-14-9-5-6-10-22-14)16(19)18-15(17(20)21)13-7-3-2-4-8-13/h2-4,7-8,12,14-15H,5-6,9-11H2,1H3,(H,18,19)(H,20,21). The van der Waals surface area contributed by atoms with Crippen molar-refractivity contribution in [1.29, 1.82) is 0 Å². The van der Waals surface area contributed by atoms with E-state index in [4.69, 9.17) is 9.47 Å². The molecule has 126 valence electrons. The van der Waals surface area contributed by atoms with Crippen molar-refractivity contribution in [1.82, 2.24) is 5.32 Å². The summed E-state index contributed by atoms with van der Waals surface area (Å²) in [4.78, 5) is 23.6. The normalized spacial score (nSPS) is 20.5. The first-order chi connectivity index (χ1) is 11.1. The number of benzene rings is 1. The zero-order valence-electron chi connectivity index (χ0n) is 13.2. The van der Waals surface area contributed by atoms with Gasteiger partial charge in [0.1, 0.15) is 6.10 Å². The Kier molecular flexibility index (Phi) is 6.55. The van der Waals surface area contributed by atoms with E-state index in [0.717, 1.165) is 25.9 Å². The van der Waals surface area contributed by atoms with Gasteiger partial charge in [0.05, 0.1) is 12.7 Å². The van der Waals surface area contributed by atoms with Crippen molar-refractivity contribution >= 4 is 11.9 Å². The number of carboxylic acid groups (broad SMARTS) is 1. The Bertz CT molecular complexity index is 513. The van der Waals surface area contributed by atoms with Crippen molar-refractivity contribution in [2.75, 3.05) is 13.2 Å². The van der Waals surface area contributed by atoms with Crippen molar-refractivity contribution in [3.63, 3.8) is 0 Å². The van der Waals surface area contributed by atoms with Crippen molar-refractivity contribution < 1.29 is 24.2 Å². The summed E-state index contributed by atoms with van der Waals surface area (Å²) in [6.45, 7) is 2.68. The minimum absolute atomic E-state index is 0.0170. The summed E-state index contributed by atoms with van der Waals surface area (Å²) in [5.74, 6) is -1.55. The SMILES string of the molecule is CC(OCC1CCCCO1)C(=O)NC(C(=O)O)c1ccccc1. The van der Waals surface area contributed by atoms with Crippen molar-refractivity contribution in [2.45, 2.75) is 44.4 Å². The minimum Gasteiger partial charge on any atom is -0.479 e. The lowest BCUT2D eigenvalue weighted by atomic mass is 10.1. The molecule has 1 aliphatic rings. The van der Waals surface area contributed by atoms with E-state index < -0.39 is 24.0 Å². The van der Waals surface area contributed by atoms with Crippen LogP contribution in [0.4, 0.5) is 0 Å². The number of nitrogens with one attached hydrogen (secondary N) is 1. The molecule has 1 aromatic rings. The number of carbonyl (C=O) groups excluding carboxylic acids is 1. The number of aliphatic carboxylic acids is 1. The zero-order valence-corrected chi connectivity index (χ0v) is 13.2. The lowest BCUT2D eigenvalue weighted by Crippen LogP contribution is -2.41. The average Bonchev–Trinajstić information content (AvgIpc) is 2.58. The van der Waals surface area contributed by atoms with Gasteiger partial charge in [-0.15, -0.1) is 0 Å². The highest BCUT2D eigenvalue weighted by Crippen LogP contribution is 2.15. The molecule has 3 unspecified atom stereocenters. The van der Waals surface area contributed by atoms with Crippen molar-refractivity contribution in [3.8, 4) is 0 Å². The van der Waals surface area contributed by atoms with Gasteiger partial charge in [-0.2, -0.15) is 0 Å². The predicted octanol–water partition coefficient (Wildman–Crippen LogP) is 1.90. The summed E-state index contributed by atoms with van der Waals surface area (Å²) in [5, 5.41) is 11.8. The molecule has 1 aliphatic heterocycles. The number of hydrogen-bond donors (Lipinski definition) is 2. The molecule has 23 heavy (non-hydrogen) atoms. The van der Waals surface area contributed by atoms with Crippen LogP contribution in [0.15, 0.2) is 30.3 Å². The summed E-state index contributed by atoms with van der Waals surface area (Å²) in [7, 11) is 0. The molecule has 1 amide bonds. The van der Waals surface area contributed by atoms with E-state index in [-0.39, 0.29) is 6.10 Å². The van der Waals surface area contributed by atoms with Crippen LogP contribution in [-0.4, -0.2) is 42.4 Å². The van der Waals surface area contributed by atoms with Crippen molar-refractivity contribution in [2.24, 2.45) is 0 Å². The van der Waals surface area contributed by atoms with Crippen LogP contribution >= 0.6 is 0 Å². The number of amides is 1. The fourth-order valence-electron chi connectivity index (χ4n) is 2.46. The van der Waals surface area contributed by atoms with E-state index in [0.29, 0.717) is 12.2 Å². The van der Waals surface area contributed by atoms with Gasteiger partial charge in [0.25, 0.3) is 0 Å². The molecule has 0 radical (unpaired) electrons. The van der Waals surface area contributed by atoms with Gasteiger partial charge in [-0.25, -0.2) is 4.79 Å². The first kappa shape index (κ1) is 17.4. The first-order valence-electron chi connectivity index (χ1n) is 7.89. The third-order valence-corrected chi connectivity index (χ3v) is 3.84. The molecule has 1 fully saturated rings. The largest absolute Gasteiger partial charge is 0.479 e. The Morgan fingerprint density at radius 3 is 2.70 bits per heavy atom. The topological polar surface area (TPSA) is 84.9 Å². The number of carbonyl (C=O) groups is 2. The van der Waals surface area contributed by atoms with Crippen LogP contribution in [0.1, 0.15) is 37.8 Å². The minimum atomic E-state index is -1.10. The summed E-state index contributed by atoms with van der Waals surface area (Å²) in [6, 6.07) is 7.51. The maximum atomic E-state index is 12.2. The second-order valence-electron chi connectivity index (χ2n) is 5.65. The second-order valence-corrected chi connectivity index (χ2v) is 5.65. The Balaban J connectivity index is 1.86. The quantitative estimate of drug-likeness (QED) is 0.801. The fraction of sp³-hybridized carbons (Fsp3) is 0.529. The molecule has 6 heteroatoms. The Morgan fingerprint density at radius 1 is 1.35 bits per heavy atom. The number of rotatable bonds is 7. The molecule has 2 rings (SSSR count). The molecule has 0 spiro atoms. The Hall–Kier alpha value is -1.92. The fourth-order valence-corrected chi connectivity index (χ4v) is 2.46. The maximum absolute atomic E-state index is 12.2. The highest BCUT2D eigenvalue weighted by Gasteiger charge is 2.25. The molecule has 0 bridgehead atoms. The third kappa shape index (κ3) is 5.33. The van der Waals surface area contributed by atoms with Crippen molar-refractivity contribution in [3.05, 3.63) is 35.9 Å². The van der Waals surface area contributed by atoms with Gasteiger partial charge in [0.15, 0.2) is 6.04 Å². The molecule has 1 heterocycles. The molecule has 1 aromatic carbocycles. The molecular weight excluding hydrogens is 298 g/mol. The zero-order chi connectivity index (χ0) is 16.7. The molecule has 0 aliphatic carbocycles. The van der Waals surface area contributed by atoms with E-state index in [2.05, 4.69) is 5.32 Å². The summed E-state index contributed by atoms with van der Waals surface area (Å²) in [6.07, 6.45) is 2.37. The van der Waals surface area contributed by atoms with Gasteiger partial charge >= 0.3 is 5.97 Å². The van der Waals surface area contributed by atoms with E-state index in [1.54, 1.807) is 37.3 Å². The van der Waals surface area contributed by atoms with Gasteiger partial charge in [0, 0.05) is 6.61 Å². The van der Waals surface area contributed by atoms with Gasteiger partial charge < -0.3 is 19.9 Å². The molecule has 6 nitrogen and oxygen atoms in total. The van der Waals surface area contributed by atoms with Crippen LogP contribution < -0.4 is 5.32 Å². The number of ether oxygens (including phenoxy) is 2. The van der Waals surface area contributed by atoms with Gasteiger partial charge in [-0.05, 0) is 31.7 Å². The Labute approximate surface area is 135 Å². The van der Waals surface area contributed by atoms with Crippen LogP contribution in [-0.2, 0) is 19.1 Å². The predicted molar refractivity (Wildman–Crippen MR) is 84.0 cm³/mol. The smallest absolute Gasteiger partial charge is 0.330 e. The molecule has 1 saturated heterocycles. The van der Waals surface area contributed by atoms with Crippen LogP contribution in [0, 0.1) is 0 Å². The number of carboxylic acids is 1. The number of hydrogen-bond acceptors (Lipinski definition) is 4. The summed E-state index contributed by atoms with van der Waals surface area (Å²) < 4.78 is 11.1. The molecular formula is C17H23NO5. The molecule has 0 saturated carbocycles. The summed E-state index contributed by atoms with van der Waals surface area (Å²) >= 11 is 0. The van der Waals surface area contributed by atoms with Crippen LogP contribution in [0.2, 0.25) is 0 Å². The molecule has 0 aromatic heterocycles. The van der Waals surface area contributed by atoms with Gasteiger partial charge in [0.2, 0.25) is 5.91 Å². The van der Waals surface area contributed by atoms with E-state index in [1.165, 1.54) is 0 Å². The highest BCUT2D eigenvalue weighted by atomic mass is 16.5. The highest BCUT2D eigenvalue weighted by molar-refractivity contribution is 5.86. The monoisotopic (exact) mass is 321 g/mol. The van der Waals surface area contributed by atoms with E-state index in [1.807, 2.05) is 0 Å². The van der Waals surface area contributed by atoms with Gasteiger partial charge in [-0.3, -0.25) is 4.79 Å². The second kappa shape index (κ2) is 8.64. The van der Waals surface area contributed by atoms with Crippen LogP contribution in [0.25, 0.3) is 0 Å².